The third-order valence-corrected chi connectivity index (χ3v) is 6.91. The summed E-state index contributed by atoms with van der Waals surface area (Å²) in [5.41, 5.74) is -0.935. The lowest BCUT2D eigenvalue weighted by molar-refractivity contribution is -0.120. The number of amides is 1. The number of rotatable bonds is 10. The number of hydrogen-bond donors (Lipinski definition) is 3. The number of anilines is 1. The fraction of sp³-hybridized carbons (Fsp3) is 0.481. The molecule has 1 aliphatic rings. The normalized spacial score (nSPS) is 15.4. The first-order chi connectivity index (χ1) is 17.6. The third-order valence-electron chi connectivity index (χ3n) is 6.54. The van der Waals surface area contributed by atoms with Crippen LogP contribution in [0.15, 0.2) is 42.7 Å². The van der Waals surface area contributed by atoms with Gasteiger partial charge in [0.2, 0.25) is 5.91 Å². The summed E-state index contributed by atoms with van der Waals surface area (Å²) < 4.78 is 14.3. The number of hydrogen-bond acceptors (Lipinski definition) is 6. The number of ether oxygens (including phenoxy) is 2. The van der Waals surface area contributed by atoms with Crippen LogP contribution in [0.3, 0.4) is 0 Å². The molecule has 3 N–H and O–H groups in total. The summed E-state index contributed by atoms with van der Waals surface area (Å²) in [6, 6.07) is 7.68. The molecule has 0 aliphatic heterocycles. The Balaban J connectivity index is 1.56. The molecule has 1 saturated carbocycles. The maximum atomic E-state index is 13.5. The van der Waals surface area contributed by atoms with Gasteiger partial charge in [0, 0.05) is 18.3 Å². The van der Waals surface area contributed by atoms with Crippen LogP contribution in [0.2, 0.25) is 5.02 Å². The molecule has 1 amide bonds. The van der Waals surface area contributed by atoms with Gasteiger partial charge in [0.1, 0.15) is 28.3 Å². The molecule has 0 saturated heterocycles. The van der Waals surface area contributed by atoms with Crippen molar-refractivity contribution in [2.75, 3.05) is 12.4 Å². The summed E-state index contributed by atoms with van der Waals surface area (Å²) in [5.74, 6) is 1.59. The number of aromatic nitrogens is 3. The predicted molar refractivity (Wildman–Crippen MR) is 142 cm³/mol. The van der Waals surface area contributed by atoms with Crippen molar-refractivity contribution in [2.24, 2.45) is 5.92 Å². The molecule has 10 heteroatoms. The first-order valence-corrected chi connectivity index (χ1v) is 13.0. The quantitative estimate of drug-likeness (QED) is 0.307. The highest BCUT2D eigenvalue weighted by Gasteiger charge is 2.29. The van der Waals surface area contributed by atoms with Crippen LogP contribution >= 0.6 is 11.6 Å². The minimum absolute atomic E-state index is 0.0856. The van der Waals surface area contributed by atoms with Gasteiger partial charge >= 0.3 is 0 Å². The van der Waals surface area contributed by atoms with E-state index in [0.717, 1.165) is 25.7 Å². The van der Waals surface area contributed by atoms with E-state index < -0.39 is 11.6 Å². The molecule has 9 nitrogen and oxygen atoms in total. The van der Waals surface area contributed by atoms with Crippen LogP contribution in [0.1, 0.15) is 58.4 Å². The molecule has 1 fully saturated rings. The van der Waals surface area contributed by atoms with Crippen molar-refractivity contribution in [1.82, 2.24) is 14.3 Å². The van der Waals surface area contributed by atoms with Gasteiger partial charge < -0.3 is 29.6 Å². The summed E-state index contributed by atoms with van der Waals surface area (Å²) in [7, 11) is 1.52. The van der Waals surface area contributed by atoms with E-state index in [4.69, 9.17) is 21.1 Å². The lowest BCUT2D eigenvalue weighted by Gasteiger charge is -2.27. The minimum atomic E-state index is -0.935. The fourth-order valence-corrected chi connectivity index (χ4v) is 5.05. The van der Waals surface area contributed by atoms with Gasteiger partial charge in [-0.05, 0) is 38.3 Å². The first kappa shape index (κ1) is 26.9. The van der Waals surface area contributed by atoms with Gasteiger partial charge in [0.25, 0.3) is 0 Å². The van der Waals surface area contributed by atoms with Crippen molar-refractivity contribution in [3.63, 3.8) is 0 Å². The van der Waals surface area contributed by atoms with E-state index in [1.807, 2.05) is 0 Å². The number of benzene rings is 1. The number of nitrogens with zero attached hydrogens (tertiary/aromatic N) is 3. The second-order valence-corrected chi connectivity index (χ2v) is 10.6. The van der Waals surface area contributed by atoms with E-state index in [1.165, 1.54) is 19.6 Å². The van der Waals surface area contributed by atoms with Crippen molar-refractivity contribution in [3.8, 4) is 23.1 Å². The third kappa shape index (κ3) is 6.99. The second-order valence-electron chi connectivity index (χ2n) is 10.3. The molecule has 37 heavy (non-hydrogen) atoms. The summed E-state index contributed by atoms with van der Waals surface area (Å²) in [6.07, 6.45) is 9.49. The molecule has 0 unspecified atom stereocenters. The molecular formula is C27H35ClN4O5. The first-order valence-electron chi connectivity index (χ1n) is 12.6. The highest BCUT2D eigenvalue weighted by molar-refractivity contribution is 6.33. The highest BCUT2D eigenvalue weighted by atomic mass is 35.5. The van der Waals surface area contributed by atoms with E-state index in [2.05, 4.69) is 10.4 Å². The standard InChI is InChI=1S/C27H35ClN4O5/c1-27(2,35)17-31-13-12-23(30-31)29-26(34)20(14-18-8-5-4-6-9-18)32-16-19(15-24(32)33)37-22-11-7-10-21(36-3)25(22)28/h7,10-13,15-16,18,20,33,35H,4-6,8-9,14,17H2,1-3H3,(H,29,30,34)/t20-/m0/s1. The molecule has 0 bridgehead atoms. The van der Waals surface area contributed by atoms with Gasteiger partial charge in [0.05, 0.1) is 25.5 Å². The van der Waals surface area contributed by atoms with Crippen molar-refractivity contribution < 1.29 is 24.5 Å². The number of nitrogens with one attached hydrogen (secondary N) is 1. The monoisotopic (exact) mass is 530 g/mol. The Hall–Kier alpha value is -3.17. The van der Waals surface area contributed by atoms with E-state index in [-0.39, 0.29) is 11.8 Å². The number of carbonyl (C=O) groups is 1. The Bertz CT molecular complexity index is 1210. The topological polar surface area (TPSA) is 111 Å². The molecule has 0 radical (unpaired) electrons. The molecule has 2 aromatic heterocycles. The van der Waals surface area contributed by atoms with Gasteiger partial charge in [-0.3, -0.25) is 9.48 Å². The van der Waals surface area contributed by atoms with Crippen molar-refractivity contribution in [3.05, 3.63) is 47.7 Å². The highest BCUT2D eigenvalue weighted by Crippen LogP contribution is 2.39. The average molecular weight is 531 g/mol. The fourth-order valence-electron chi connectivity index (χ4n) is 4.81. The second kappa shape index (κ2) is 11.5. The van der Waals surface area contributed by atoms with Gasteiger partial charge in [-0.15, -0.1) is 0 Å². The Morgan fingerprint density at radius 3 is 2.68 bits per heavy atom. The Labute approximate surface area is 222 Å². The smallest absolute Gasteiger partial charge is 0.248 e. The Morgan fingerprint density at radius 2 is 1.97 bits per heavy atom. The summed E-state index contributed by atoms with van der Waals surface area (Å²) in [4.78, 5) is 13.5. The van der Waals surface area contributed by atoms with Gasteiger partial charge in [-0.1, -0.05) is 49.8 Å². The number of carbonyl (C=O) groups excluding carboxylic acids is 1. The molecule has 2 heterocycles. The van der Waals surface area contributed by atoms with Crippen LogP contribution in [-0.2, 0) is 11.3 Å². The van der Waals surface area contributed by atoms with E-state index >= 15 is 0 Å². The average Bonchev–Trinajstić information content (AvgIpc) is 3.43. The molecule has 3 aromatic rings. The SMILES string of the molecule is COc1cccc(Oc2cc(O)n([C@@H](CC3CCCCC3)C(=O)Nc3ccn(CC(C)(C)O)n3)c2)c1Cl. The van der Waals surface area contributed by atoms with Crippen LogP contribution in [0.5, 0.6) is 23.1 Å². The number of methoxy groups -OCH3 is 1. The van der Waals surface area contributed by atoms with E-state index in [9.17, 15) is 15.0 Å². The molecule has 200 valence electrons. The van der Waals surface area contributed by atoms with Gasteiger partial charge in [0.15, 0.2) is 11.7 Å². The van der Waals surface area contributed by atoms with Crippen molar-refractivity contribution >= 4 is 23.3 Å². The zero-order valence-electron chi connectivity index (χ0n) is 21.5. The minimum Gasteiger partial charge on any atom is -0.495 e. The summed E-state index contributed by atoms with van der Waals surface area (Å²) in [5, 5.41) is 28.5. The summed E-state index contributed by atoms with van der Waals surface area (Å²) in [6.45, 7) is 3.68. The van der Waals surface area contributed by atoms with Gasteiger partial charge in [-0.25, -0.2) is 0 Å². The Kier molecular flexibility index (Phi) is 8.34. The number of aromatic hydroxyl groups is 1. The summed E-state index contributed by atoms with van der Waals surface area (Å²) >= 11 is 6.37. The lowest BCUT2D eigenvalue weighted by Crippen LogP contribution is -2.29. The maximum absolute atomic E-state index is 13.5. The van der Waals surface area contributed by atoms with Crippen LogP contribution in [0.4, 0.5) is 5.82 Å². The number of aliphatic hydroxyl groups is 1. The zero-order valence-corrected chi connectivity index (χ0v) is 22.2. The van der Waals surface area contributed by atoms with E-state index in [0.29, 0.717) is 47.0 Å². The Morgan fingerprint density at radius 1 is 1.24 bits per heavy atom. The van der Waals surface area contributed by atoms with Crippen molar-refractivity contribution in [2.45, 2.75) is 70.6 Å². The largest absolute Gasteiger partial charge is 0.495 e. The molecule has 1 aromatic carbocycles. The predicted octanol–water partition coefficient (Wildman–Crippen LogP) is 5.77. The molecule has 1 aliphatic carbocycles. The van der Waals surface area contributed by atoms with Crippen LogP contribution < -0.4 is 14.8 Å². The molecule has 1 atom stereocenters. The van der Waals surface area contributed by atoms with Crippen LogP contribution in [0, 0.1) is 5.92 Å². The van der Waals surface area contributed by atoms with Crippen LogP contribution in [-0.4, -0.2) is 43.2 Å². The molecule has 0 spiro atoms. The zero-order chi connectivity index (χ0) is 26.6. The molecule has 4 rings (SSSR count). The van der Waals surface area contributed by atoms with Crippen LogP contribution in [0.25, 0.3) is 0 Å². The van der Waals surface area contributed by atoms with Gasteiger partial charge in [-0.2, -0.15) is 5.10 Å². The van der Waals surface area contributed by atoms with E-state index in [1.54, 1.807) is 59.8 Å². The maximum Gasteiger partial charge on any atom is 0.248 e. The molecular weight excluding hydrogens is 496 g/mol. The van der Waals surface area contributed by atoms with Crippen molar-refractivity contribution in [1.29, 1.82) is 0 Å². The lowest BCUT2D eigenvalue weighted by atomic mass is 9.84. The number of halogens is 1.